The van der Waals surface area contributed by atoms with Gasteiger partial charge in [0.2, 0.25) is 5.91 Å². The van der Waals surface area contributed by atoms with Gasteiger partial charge in [-0.3, -0.25) is 4.79 Å². The quantitative estimate of drug-likeness (QED) is 0.427. The summed E-state index contributed by atoms with van der Waals surface area (Å²) < 4.78 is 2.45. The molecule has 0 bridgehead atoms. The third-order valence-corrected chi connectivity index (χ3v) is 7.28. The molecule has 0 aliphatic heterocycles. The number of rotatable bonds is 10. The highest BCUT2D eigenvalue weighted by Crippen LogP contribution is 2.48. The molecule has 2 aliphatic carbocycles. The normalized spacial score (nSPS) is 21.3. The standard InChI is InChI=1S/C28H42N4O/c1-17(2)11-21-14-23(15-21)28-31-30-27(32(28)24-8-9-24)22(12-18(3)4)16-26(33)29-25-10-7-19(5)13-20(25)6/h7,10,13,17-18,21-24H,8-9,11-12,14-16H2,1-6H3,(H,29,33)/t21?,22-,23?/m0/s1. The summed E-state index contributed by atoms with van der Waals surface area (Å²) in [4.78, 5) is 13.1. The van der Waals surface area contributed by atoms with Gasteiger partial charge < -0.3 is 9.88 Å². The molecule has 2 aliphatic rings. The summed E-state index contributed by atoms with van der Waals surface area (Å²) in [5.41, 5.74) is 3.22. The number of nitrogens with zero attached hydrogens (tertiary/aromatic N) is 3. The van der Waals surface area contributed by atoms with Crippen LogP contribution in [0.25, 0.3) is 0 Å². The van der Waals surface area contributed by atoms with Crippen LogP contribution in [0.3, 0.4) is 0 Å². The highest BCUT2D eigenvalue weighted by Gasteiger charge is 2.39. The minimum absolute atomic E-state index is 0.0696. The number of amides is 1. The van der Waals surface area contributed by atoms with Gasteiger partial charge in [0.15, 0.2) is 0 Å². The van der Waals surface area contributed by atoms with Crippen molar-refractivity contribution in [3.8, 4) is 0 Å². The average Bonchev–Trinajstić information content (AvgIpc) is 3.44. The number of aromatic nitrogens is 3. The first kappa shape index (κ1) is 24.0. The third kappa shape index (κ3) is 5.85. The Morgan fingerprint density at radius 1 is 1.09 bits per heavy atom. The van der Waals surface area contributed by atoms with Crippen LogP contribution in [0.15, 0.2) is 18.2 Å². The average molecular weight is 451 g/mol. The fourth-order valence-electron chi connectivity index (χ4n) is 5.61. The zero-order valence-corrected chi connectivity index (χ0v) is 21.4. The summed E-state index contributed by atoms with van der Waals surface area (Å²) in [5.74, 6) is 5.04. The summed E-state index contributed by atoms with van der Waals surface area (Å²) in [6, 6.07) is 6.71. The van der Waals surface area contributed by atoms with Crippen LogP contribution in [0.1, 0.15) is 113 Å². The third-order valence-electron chi connectivity index (χ3n) is 7.28. The maximum Gasteiger partial charge on any atom is 0.225 e. The molecule has 33 heavy (non-hydrogen) atoms. The monoisotopic (exact) mass is 450 g/mol. The maximum atomic E-state index is 13.1. The molecular weight excluding hydrogens is 408 g/mol. The van der Waals surface area contributed by atoms with Gasteiger partial charge in [-0.1, -0.05) is 45.4 Å². The molecule has 1 amide bonds. The summed E-state index contributed by atoms with van der Waals surface area (Å²) in [5, 5.41) is 12.6. The van der Waals surface area contributed by atoms with Gasteiger partial charge in [0.25, 0.3) is 0 Å². The Morgan fingerprint density at radius 3 is 2.42 bits per heavy atom. The molecule has 1 aromatic heterocycles. The van der Waals surface area contributed by atoms with Gasteiger partial charge in [-0.25, -0.2) is 0 Å². The van der Waals surface area contributed by atoms with Crippen molar-refractivity contribution >= 4 is 11.6 Å². The first-order valence-corrected chi connectivity index (χ1v) is 13.0. The van der Waals surface area contributed by atoms with Crippen molar-refractivity contribution in [1.29, 1.82) is 0 Å². The summed E-state index contributed by atoms with van der Waals surface area (Å²) in [6.45, 7) is 13.2. The van der Waals surface area contributed by atoms with Crippen molar-refractivity contribution in [3.05, 3.63) is 41.0 Å². The van der Waals surface area contributed by atoms with Crippen molar-refractivity contribution in [2.75, 3.05) is 5.32 Å². The summed E-state index contributed by atoms with van der Waals surface area (Å²) in [7, 11) is 0. The van der Waals surface area contributed by atoms with Crippen LogP contribution >= 0.6 is 0 Å². The minimum Gasteiger partial charge on any atom is -0.326 e. The largest absolute Gasteiger partial charge is 0.326 e. The first-order valence-electron chi connectivity index (χ1n) is 13.0. The maximum absolute atomic E-state index is 13.1. The molecule has 1 N–H and O–H groups in total. The molecular formula is C28H42N4O. The molecule has 4 rings (SSSR count). The lowest BCUT2D eigenvalue weighted by Gasteiger charge is -2.36. The predicted molar refractivity (Wildman–Crippen MR) is 135 cm³/mol. The highest BCUT2D eigenvalue weighted by atomic mass is 16.1. The molecule has 5 heteroatoms. The molecule has 2 fully saturated rings. The molecule has 0 saturated heterocycles. The van der Waals surface area contributed by atoms with Crippen molar-refractivity contribution < 1.29 is 4.79 Å². The number of anilines is 1. The molecule has 1 heterocycles. The smallest absolute Gasteiger partial charge is 0.225 e. The van der Waals surface area contributed by atoms with E-state index in [2.05, 4.69) is 63.6 Å². The second-order valence-electron chi connectivity index (χ2n) is 11.6. The second kappa shape index (κ2) is 9.99. The van der Waals surface area contributed by atoms with Crippen LogP contribution in [-0.2, 0) is 4.79 Å². The molecule has 180 valence electrons. The van der Waals surface area contributed by atoms with Gasteiger partial charge in [-0.2, -0.15) is 0 Å². The SMILES string of the molecule is Cc1ccc(NC(=O)C[C@H](CC(C)C)c2nnc(C3CC(CC(C)C)C3)n2C2CC2)c(C)c1. The van der Waals surface area contributed by atoms with Gasteiger partial charge in [0.1, 0.15) is 11.6 Å². The highest BCUT2D eigenvalue weighted by molar-refractivity contribution is 5.92. The van der Waals surface area contributed by atoms with Gasteiger partial charge in [0.05, 0.1) is 0 Å². The predicted octanol–water partition coefficient (Wildman–Crippen LogP) is 6.93. The lowest BCUT2D eigenvalue weighted by atomic mass is 9.71. The minimum atomic E-state index is 0.0696. The van der Waals surface area contributed by atoms with Gasteiger partial charge in [0, 0.05) is 30.0 Å². The van der Waals surface area contributed by atoms with Crippen molar-refractivity contribution in [3.63, 3.8) is 0 Å². The van der Waals surface area contributed by atoms with Crippen LogP contribution in [0, 0.1) is 31.6 Å². The van der Waals surface area contributed by atoms with E-state index in [1.165, 1.54) is 43.5 Å². The first-order chi connectivity index (χ1) is 15.7. The summed E-state index contributed by atoms with van der Waals surface area (Å²) in [6.07, 6.45) is 7.63. The van der Waals surface area contributed by atoms with Crippen LogP contribution in [0.2, 0.25) is 0 Å². The Bertz CT molecular complexity index is 966. The molecule has 5 nitrogen and oxygen atoms in total. The van der Waals surface area contributed by atoms with Gasteiger partial charge >= 0.3 is 0 Å². The second-order valence-corrected chi connectivity index (χ2v) is 11.6. The number of carbonyl (C=O) groups excluding carboxylic acids is 1. The molecule has 1 atom stereocenters. The Kier molecular flexibility index (Phi) is 7.25. The Morgan fingerprint density at radius 2 is 1.82 bits per heavy atom. The topological polar surface area (TPSA) is 59.8 Å². The molecule has 1 aromatic carbocycles. The lowest BCUT2D eigenvalue weighted by Crippen LogP contribution is -2.26. The molecule has 2 saturated carbocycles. The Hall–Kier alpha value is -2.17. The Balaban J connectivity index is 1.51. The number of hydrogen-bond acceptors (Lipinski definition) is 3. The van der Waals surface area contributed by atoms with E-state index in [4.69, 9.17) is 10.2 Å². The van der Waals surface area contributed by atoms with Crippen molar-refractivity contribution in [1.82, 2.24) is 14.8 Å². The fraction of sp³-hybridized carbons (Fsp3) is 0.679. The molecule has 0 spiro atoms. The van der Waals surface area contributed by atoms with E-state index in [-0.39, 0.29) is 11.8 Å². The van der Waals surface area contributed by atoms with Gasteiger partial charge in [-0.05, 0) is 81.8 Å². The molecule has 0 radical (unpaired) electrons. The molecule has 0 unspecified atom stereocenters. The number of benzene rings is 1. The van der Waals surface area contributed by atoms with E-state index in [1.54, 1.807) is 0 Å². The van der Waals surface area contributed by atoms with Crippen LogP contribution < -0.4 is 5.32 Å². The van der Waals surface area contributed by atoms with E-state index >= 15 is 0 Å². The summed E-state index contributed by atoms with van der Waals surface area (Å²) >= 11 is 0. The van der Waals surface area contributed by atoms with Crippen LogP contribution in [0.5, 0.6) is 0 Å². The lowest BCUT2D eigenvalue weighted by molar-refractivity contribution is -0.116. The molecule has 2 aromatic rings. The number of nitrogens with one attached hydrogen (secondary N) is 1. The van der Waals surface area contributed by atoms with E-state index in [0.717, 1.165) is 35.3 Å². The fourth-order valence-corrected chi connectivity index (χ4v) is 5.61. The zero-order chi connectivity index (χ0) is 23.7. The number of hydrogen-bond donors (Lipinski definition) is 1. The van der Waals surface area contributed by atoms with E-state index < -0.39 is 0 Å². The van der Waals surface area contributed by atoms with Crippen molar-refractivity contribution in [2.24, 2.45) is 17.8 Å². The van der Waals surface area contributed by atoms with Crippen LogP contribution in [0.4, 0.5) is 5.69 Å². The number of aryl methyl sites for hydroxylation is 2. The Labute approximate surface area is 199 Å². The van der Waals surface area contributed by atoms with E-state index in [0.29, 0.717) is 24.3 Å². The number of carbonyl (C=O) groups is 1. The van der Waals surface area contributed by atoms with Gasteiger partial charge in [-0.15, -0.1) is 10.2 Å². The zero-order valence-electron chi connectivity index (χ0n) is 21.4. The van der Waals surface area contributed by atoms with Crippen molar-refractivity contribution in [2.45, 2.75) is 104 Å². The van der Waals surface area contributed by atoms with Crippen LogP contribution in [-0.4, -0.2) is 20.7 Å². The van der Waals surface area contributed by atoms with E-state index in [9.17, 15) is 4.79 Å². The van der Waals surface area contributed by atoms with E-state index in [1.807, 2.05) is 6.07 Å².